The first-order valence-electron chi connectivity index (χ1n) is 11.3. The number of nitrogens with zero attached hydrogens (tertiary/aromatic N) is 2. The third-order valence-corrected chi connectivity index (χ3v) is 5.18. The molecule has 0 aromatic carbocycles. The van der Waals surface area contributed by atoms with Gasteiger partial charge in [-0.2, -0.15) is 5.10 Å². The van der Waals surface area contributed by atoms with E-state index in [1.807, 2.05) is 46.2 Å². The van der Waals surface area contributed by atoms with Crippen molar-refractivity contribution in [3.63, 3.8) is 0 Å². The molecule has 0 aliphatic heterocycles. The molecule has 1 atom stereocenters. The molecule has 2 rings (SSSR count). The van der Waals surface area contributed by atoms with Crippen molar-refractivity contribution in [1.82, 2.24) is 15.2 Å². The lowest BCUT2D eigenvalue weighted by Crippen LogP contribution is -2.28. The molecule has 1 unspecified atom stereocenters. The minimum Gasteiger partial charge on any atom is -0.410 e. The SMILES string of the molecule is C=C(CC)c1cnc(C2C=C(B(OC)OC(C)C)C=CC2)n[nH]cc(C(/C=C\C)=C/C)c1. The first kappa shape index (κ1) is 25.6. The van der Waals surface area contributed by atoms with Gasteiger partial charge in [0.25, 0.3) is 0 Å². The Labute approximate surface area is 193 Å². The number of nitrogens with one attached hydrogen (secondary N) is 1. The van der Waals surface area contributed by atoms with Gasteiger partial charge < -0.3 is 9.31 Å². The van der Waals surface area contributed by atoms with Crippen LogP contribution < -0.4 is 0 Å². The lowest BCUT2D eigenvalue weighted by Gasteiger charge is -2.20. The van der Waals surface area contributed by atoms with Gasteiger partial charge in [-0.3, -0.25) is 5.10 Å². The fourth-order valence-electron chi connectivity index (χ4n) is 3.42. The molecule has 0 saturated carbocycles. The van der Waals surface area contributed by atoms with E-state index in [-0.39, 0.29) is 12.0 Å². The van der Waals surface area contributed by atoms with Crippen LogP contribution in [0.2, 0.25) is 0 Å². The first-order valence-corrected chi connectivity index (χ1v) is 11.3. The van der Waals surface area contributed by atoms with Gasteiger partial charge in [-0.1, -0.05) is 50.0 Å². The fourth-order valence-corrected chi connectivity index (χ4v) is 3.42. The second-order valence-electron chi connectivity index (χ2n) is 7.92. The summed E-state index contributed by atoms with van der Waals surface area (Å²) in [5.74, 6) is 0.710. The summed E-state index contributed by atoms with van der Waals surface area (Å²) < 4.78 is 11.5. The first-order chi connectivity index (χ1) is 15.4. The van der Waals surface area contributed by atoms with Gasteiger partial charge in [0, 0.05) is 31.5 Å². The molecule has 1 aliphatic rings. The predicted octanol–water partition coefficient (Wildman–Crippen LogP) is 6.40. The van der Waals surface area contributed by atoms with E-state index in [9.17, 15) is 0 Å². The standard InChI is InChI=1S/C26H36BN3O2/c1-8-12-21(10-3)24-15-23(20(6)9-2)17-28-26(30-29-18-24)22-13-11-14-25(16-22)27(31-7)32-19(4)5/h8,10-12,14-19,22,29H,6,9,13H2,1-5,7H3/b12-8-,21-10+,23-15?,24-18?,28-17?,30-26?. The van der Waals surface area contributed by atoms with Crippen LogP contribution in [0.1, 0.15) is 70.3 Å². The molecule has 0 saturated heterocycles. The molecule has 0 amide bonds. The topological polar surface area (TPSA) is 60.0 Å². The quantitative estimate of drug-likeness (QED) is 0.362. The second-order valence-corrected chi connectivity index (χ2v) is 7.92. The van der Waals surface area contributed by atoms with E-state index in [0.29, 0.717) is 5.82 Å². The van der Waals surface area contributed by atoms with Gasteiger partial charge in [-0.25, -0.2) is 4.98 Å². The highest BCUT2D eigenvalue weighted by Crippen LogP contribution is 2.26. The normalized spacial score (nSPS) is 16.3. The monoisotopic (exact) mass is 433 g/mol. The minimum absolute atomic E-state index is 0.00924. The average Bonchev–Trinajstić information content (AvgIpc) is 2.91. The molecule has 1 aromatic rings. The maximum absolute atomic E-state index is 5.90. The molecule has 5 nitrogen and oxygen atoms in total. The highest BCUT2D eigenvalue weighted by atomic mass is 16.6. The van der Waals surface area contributed by atoms with Gasteiger partial charge in [-0.05, 0) is 74.3 Å². The summed E-state index contributed by atoms with van der Waals surface area (Å²) >= 11 is 0. The van der Waals surface area contributed by atoms with Crippen molar-refractivity contribution >= 4 is 18.3 Å². The van der Waals surface area contributed by atoms with Crippen molar-refractivity contribution in [1.29, 1.82) is 0 Å². The number of rotatable bonds is 9. The highest BCUT2D eigenvalue weighted by Gasteiger charge is 2.26. The summed E-state index contributed by atoms with van der Waals surface area (Å²) in [6.45, 7) is 14.4. The van der Waals surface area contributed by atoms with E-state index in [1.54, 1.807) is 7.11 Å². The van der Waals surface area contributed by atoms with E-state index in [4.69, 9.17) is 14.3 Å². The molecular weight excluding hydrogens is 397 g/mol. The highest BCUT2D eigenvalue weighted by molar-refractivity contribution is 6.54. The number of hydrogen-bond donors (Lipinski definition) is 1. The van der Waals surface area contributed by atoms with Gasteiger partial charge in [0.2, 0.25) is 0 Å². The molecule has 1 N–H and O–H groups in total. The van der Waals surface area contributed by atoms with Crippen LogP contribution >= 0.6 is 0 Å². The zero-order chi connectivity index (χ0) is 23.5. The summed E-state index contributed by atoms with van der Waals surface area (Å²) in [6.07, 6.45) is 18.0. The Morgan fingerprint density at radius 3 is 2.75 bits per heavy atom. The summed E-state index contributed by atoms with van der Waals surface area (Å²) in [4.78, 5) is 4.77. The van der Waals surface area contributed by atoms with Crippen molar-refractivity contribution < 1.29 is 9.31 Å². The van der Waals surface area contributed by atoms with E-state index >= 15 is 0 Å². The number of aromatic amines is 1. The third kappa shape index (κ3) is 7.18. The van der Waals surface area contributed by atoms with Crippen molar-refractivity contribution in [2.24, 2.45) is 0 Å². The summed E-state index contributed by atoms with van der Waals surface area (Å²) in [5, 5.41) is 7.73. The second kappa shape index (κ2) is 13.0. The van der Waals surface area contributed by atoms with Crippen LogP contribution in [0, 0.1) is 0 Å². The molecule has 0 spiro atoms. The zero-order valence-electron chi connectivity index (χ0n) is 20.3. The minimum atomic E-state index is -0.414. The third-order valence-electron chi connectivity index (χ3n) is 5.18. The van der Waals surface area contributed by atoms with E-state index < -0.39 is 7.12 Å². The van der Waals surface area contributed by atoms with Crippen molar-refractivity contribution in [2.75, 3.05) is 7.11 Å². The Bertz CT molecular complexity index is 956. The summed E-state index contributed by atoms with van der Waals surface area (Å²) in [7, 11) is 1.24. The van der Waals surface area contributed by atoms with Crippen molar-refractivity contribution in [3.05, 3.63) is 83.9 Å². The van der Waals surface area contributed by atoms with Crippen LogP contribution in [0.3, 0.4) is 0 Å². The molecular formula is C26H36BN3O2. The molecule has 32 heavy (non-hydrogen) atoms. The fraction of sp³-hybridized carbons (Fsp3) is 0.385. The van der Waals surface area contributed by atoms with Gasteiger partial charge in [-0.15, -0.1) is 0 Å². The van der Waals surface area contributed by atoms with E-state index in [1.165, 1.54) is 0 Å². The molecule has 0 radical (unpaired) electrons. The molecule has 1 aliphatic carbocycles. The smallest absolute Gasteiger partial charge is 0.410 e. The Kier molecular flexibility index (Phi) is 10.4. The van der Waals surface area contributed by atoms with Gasteiger partial charge >= 0.3 is 7.12 Å². The predicted molar refractivity (Wildman–Crippen MR) is 135 cm³/mol. The number of aromatic nitrogens is 3. The van der Waals surface area contributed by atoms with Crippen LogP contribution in [0.25, 0.3) is 11.1 Å². The van der Waals surface area contributed by atoms with Crippen LogP contribution in [-0.2, 0) is 9.31 Å². The lowest BCUT2D eigenvalue weighted by molar-refractivity contribution is 0.185. The Morgan fingerprint density at radius 2 is 2.12 bits per heavy atom. The Morgan fingerprint density at radius 1 is 1.34 bits per heavy atom. The van der Waals surface area contributed by atoms with Gasteiger partial charge in [0.1, 0.15) is 0 Å². The maximum Gasteiger partial charge on any atom is 0.493 e. The number of hydrogen-bond acceptors (Lipinski definition) is 4. The summed E-state index contributed by atoms with van der Waals surface area (Å²) in [6, 6.07) is 2.11. The zero-order valence-corrected chi connectivity index (χ0v) is 20.3. The molecule has 170 valence electrons. The van der Waals surface area contributed by atoms with Gasteiger partial charge in [0.05, 0.1) is 0 Å². The average molecular weight is 433 g/mol. The Balaban J connectivity index is 2.55. The van der Waals surface area contributed by atoms with Crippen LogP contribution in [0.5, 0.6) is 0 Å². The van der Waals surface area contributed by atoms with Crippen LogP contribution in [0.15, 0.2) is 67.0 Å². The lowest BCUT2D eigenvalue weighted by atomic mass is 9.73. The van der Waals surface area contributed by atoms with Crippen molar-refractivity contribution in [3.8, 4) is 0 Å². The van der Waals surface area contributed by atoms with Crippen molar-refractivity contribution in [2.45, 2.75) is 59.5 Å². The largest absolute Gasteiger partial charge is 0.493 e. The summed E-state index contributed by atoms with van der Waals surface area (Å²) in [5.41, 5.74) is 5.12. The molecule has 0 fully saturated rings. The number of allylic oxidation sites excluding steroid dienone is 9. The molecule has 1 heterocycles. The van der Waals surface area contributed by atoms with Gasteiger partial charge in [0.15, 0.2) is 5.82 Å². The van der Waals surface area contributed by atoms with E-state index in [2.05, 4.69) is 60.1 Å². The molecule has 6 heteroatoms. The maximum atomic E-state index is 5.90. The Hall–Kier alpha value is -2.70. The number of H-pyrrole nitrogens is 1. The molecule has 1 aromatic heterocycles. The molecule has 0 bridgehead atoms. The van der Waals surface area contributed by atoms with Crippen LogP contribution in [-0.4, -0.2) is 35.5 Å². The van der Waals surface area contributed by atoms with E-state index in [0.717, 1.165) is 40.6 Å². The van der Waals surface area contributed by atoms with Crippen LogP contribution in [0.4, 0.5) is 0 Å².